The van der Waals surface area contributed by atoms with Gasteiger partial charge in [0.15, 0.2) is 5.17 Å². The van der Waals surface area contributed by atoms with E-state index in [1.54, 1.807) is 0 Å². The Hall–Kier alpha value is -1.60. The summed E-state index contributed by atoms with van der Waals surface area (Å²) >= 11 is 7.10. The molecule has 1 aromatic rings. The molecule has 1 heterocycles. The van der Waals surface area contributed by atoms with E-state index in [0.29, 0.717) is 10.9 Å². The van der Waals surface area contributed by atoms with E-state index < -0.39 is 11.1 Å². The number of amidine groups is 1. The topological polar surface area (TPSA) is 70.6 Å². The quantitative estimate of drug-likeness (QED) is 0.738. The van der Waals surface area contributed by atoms with Gasteiger partial charge in [0, 0.05) is 12.1 Å². The normalized spacial score (nSPS) is 36.5. The zero-order chi connectivity index (χ0) is 20.2. The highest BCUT2D eigenvalue weighted by atomic mass is 35.5. The standard InChI is InChI=1S/C21H23ClFN3O2S/c22-15-6-14(1-2-16(15)23)24-18(27)7-17-19(28)25-20(29-17)26-21-8-11-3-12(9-21)5-13(4-11)10-21/h1-2,6,11-13,17H,3-5,7-10H2,(H,24,27)(H,25,26,28). The zero-order valence-corrected chi connectivity index (χ0v) is 17.5. The van der Waals surface area contributed by atoms with E-state index in [9.17, 15) is 14.0 Å². The minimum atomic E-state index is -0.541. The van der Waals surface area contributed by atoms with Crippen molar-refractivity contribution in [2.75, 3.05) is 5.32 Å². The number of amides is 2. The fourth-order valence-corrected chi connectivity index (χ4v) is 7.22. The molecule has 0 radical (unpaired) electrons. The van der Waals surface area contributed by atoms with Gasteiger partial charge in [-0.15, -0.1) is 0 Å². The van der Waals surface area contributed by atoms with Crippen molar-refractivity contribution in [3.05, 3.63) is 29.0 Å². The van der Waals surface area contributed by atoms with Gasteiger partial charge >= 0.3 is 0 Å². The molecule has 5 aliphatic rings. The van der Waals surface area contributed by atoms with Crippen LogP contribution < -0.4 is 10.6 Å². The average Bonchev–Trinajstić information content (AvgIpc) is 2.95. The first kappa shape index (κ1) is 19.4. The predicted molar refractivity (Wildman–Crippen MR) is 113 cm³/mol. The summed E-state index contributed by atoms with van der Waals surface area (Å²) in [6.45, 7) is 0. The van der Waals surface area contributed by atoms with Crippen molar-refractivity contribution < 1.29 is 14.0 Å². The largest absolute Gasteiger partial charge is 0.326 e. The van der Waals surface area contributed by atoms with Crippen molar-refractivity contribution in [3.63, 3.8) is 0 Å². The fourth-order valence-electron chi connectivity index (χ4n) is 5.96. The molecule has 0 spiro atoms. The molecule has 1 saturated heterocycles. The number of nitrogens with zero attached hydrogens (tertiary/aromatic N) is 1. The molecule has 1 unspecified atom stereocenters. The third-order valence-corrected chi connectivity index (χ3v) is 8.07. The summed E-state index contributed by atoms with van der Waals surface area (Å²) in [6, 6.07) is 4.00. The second-order valence-corrected chi connectivity index (χ2v) is 10.6. The maximum atomic E-state index is 13.3. The molecule has 5 nitrogen and oxygen atoms in total. The van der Waals surface area contributed by atoms with Crippen LogP contribution in [0.2, 0.25) is 5.02 Å². The maximum absolute atomic E-state index is 13.3. The van der Waals surface area contributed by atoms with Crippen molar-refractivity contribution in [2.45, 2.75) is 55.7 Å². The van der Waals surface area contributed by atoms with Gasteiger partial charge in [0.05, 0.1) is 10.6 Å². The number of carbonyl (C=O) groups excluding carboxylic acids is 2. The molecule has 1 aromatic carbocycles. The summed E-state index contributed by atoms with van der Waals surface area (Å²) in [7, 11) is 0. The van der Waals surface area contributed by atoms with Crippen LogP contribution in [-0.4, -0.2) is 27.8 Å². The molecule has 0 aromatic heterocycles. The number of nitrogens with one attached hydrogen (secondary N) is 2. The van der Waals surface area contributed by atoms with E-state index in [0.717, 1.165) is 37.0 Å². The van der Waals surface area contributed by atoms with Crippen LogP contribution in [0.1, 0.15) is 44.9 Å². The molecule has 29 heavy (non-hydrogen) atoms. The molecule has 2 amide bonds. The van der Waals surface area contributed by atoms with E-state index in [-0.39, 0.29) is 28.8 Å². The Morgan fingerprint density at radius 3 is 2.52 bits per heavy atom. The molecular weight excluding hydrogens is 413 g/mol. The predicted octanol–water partition coefficient (Wildman–Crippen LogP) is 4.36. The van der Waals surface area contributed by atoms with Crippen molar-refractivity contribution >= 4 is 46.0 Å². The Bertz CT molecular complexity index is 871. The first-order chi connectivity index (χ1) is 13.9. The molecule has 8 heteroatoms. The summed E-state index contributed by atoms with van der Waals surface area (Å²) in [5.74, 6) is 1.34. The highest BCUT2D eigenvalue weighted by Gasteiger charge is 2.51. The highest BCUT2D eigenvalue weighted by molar-refractivity contribution is 8.15. The Balaban J connectivity index is 1.23. The molecule has 1 aliphatic heterocycles. The molecule has 1 atom stereocenters. The van der Waals surface area contributed by atoms with Crippen LogP contribution in [0.15, 0.2) is 23.2 Å². The third kappa shape index (κ3) is 3.91. The number of hydrogen-bond acceptors (Lipinski definition) is 4. The smallest absolute Gasteiger partial charge is 0.240 e. The third-order valence-electron chi connectivity index (χ3n) is 6.70. The van der Waals surface area contributed by atoms with Crippen molar-refractivity contribution in [2.24, 2.45) is 22.7 Å². The summed E-state index contributed by atoms with van der Waals surface area (Å²) in [5.41, 5.74) is 0.402. The van der Waals surface area contributed by atoms with Crippen molar-refractivity contribution in [3.8, 4) is 0 Å². The number of benzene rings is 1. The van der Waals surface area contributed by atoms with E-state index in [1.807, 2.05) is 0 Å². The van der Waals surface area contributed by atoms with Crippen LogP contribution in [0.5, 0.6) is 0 Å². The van der Waals surface area contributed by atoms with Crippen molar-refractivity contribution in [1.29, 1.82) is 0 Å². The number of halogens is 2. The molecule has 4 aliphatic carbocycles. The van der Waals surface area contributed by atoms with E-state index >= 15 is 0 Å². The van der Waals surface area contributed by atoms with E-state index in [1.165, 1.54) is 49.2 Å². The van der Waals surface area contributed by atoms with Crippen LogP contribution in [-0.2, 0) is 9.59 Å². The van der Waals surface area contributed by atoms with Gasteiger partial charge < -0.3 is 10.6 Å². The van der Waals surface area contributed by atoms with E-state index in [2.05, 4.69) is 10.6 Å². The number of anilines is 1. The first-order valence-corrected chi connectivity index (χ1v) is 11.5. The second-order valence-electron chi connectivity index (χ2n) is 9.04. The Morgan fingerprint density at radius 1 is 1.24 bits per heavy atom. The van der Waals surface area contributed by atoms with Gasteiger partial charge in [-0.2, -0.15) is 0 Å². The van der Waals surface area contributed by atoms with E-state index in [4.69, 9.17) is 16.6 Å². The van der Waals surface area contributed by atoms with Crippen LogP contribution in [0.4, 0.5) is 10.1 Å². The maximum Gasteiger partial charge on any atom is 0.240 e. The molecule has 4 saturated carbocycles. The van der Waals surface area contributed by atoms with Gasteiger partial charge in [0.2, 0.25) is 11.8 Å². The van der Waals surface area contributed by atoms with Crippen molar-refractivity contribution in [1.82, 2.24) is 5.32 Å². The minimum Gasteiger partial charge on any atom is -0.326 e. The molecular formula is C21H23ClFN3O2S. The number of rotatable bonds is 4. The minimum absolute atomic E-state index is 0.00757. The van der Waals surface area contributed by atoms with Gasteiger partial charge in [-0.1, -0.05) is 23.4 Å². The lowest BCUT2D eigenvalue weighted by Crippen LogP contribution is -2.50. The monoisotopic (exact) mass is 435 g/mol. The Labute approximate surface area is 178 Å². The Kier molecular flexibility index (Phi) is 4.86. The lowest BCUT2D eigenvalue weighted by molar-refractivity contribution is -0.122. The Morgan fingerprint density at radius 2 is 1.90 bits per heavy atom. The molecule has 5 fully saturated rings. The average molecular weight is 436 g/mol. The van der Waals surface area contributed by atoms with Crippen LogP contribution in [0, 0.1) is 23.6 Å². The van der Waals surface area contributed by atoms with Crippen LogP contribution in [0.25, 0.3) is 0 Å². The first-order valence-electron chi connectivity index (χ1n) is 10.2. The van der Waals surface area contributed by atoms with Gasteiger partial charge in [-0.3, -0.25) is 14.6 Å². The molecule has 6 rings (SSSR count). The molecule has 154 valence electrons. The van der Waals surface area contributed by atoms with Gasteiger partial charge in [0.25, 0.3) is 0 Å². The summed E-state index contributed by atoms with van der Waals surface area (Å²) in [6.07, 6.45) is 7.48. The number of thioether (sulfide) groups is 1. The highest BCUT2D eigenvalue weighted by Crippen LogP contribution is 2.57. The van der Waals surface area contributed by atoms with Gasteiger partial charge in [-0.25, -0.2) is 4.39 Å². The van der Waals surface area contributed by atoms with Gasteiger partial charge in [0.1, 0.15) is 11.1 Å². The number of aliphatic imine (C=N–C) groups is 1. The lowest BCUT2D eigenvalue weighted by atomic mass is 9.53. The van der Waals surface area contributed by atoms with Gasteiger partial charge in [-0.05, 0) is 74.5 Å². The fraction of sp³-hybridized carbons (Fsp3) is 0.571. The zero-order valence-electron chi connectivity index (χ0n) is 15.9. The van der Waals surface area contributed by atoms with Crippen LogP contribution >= 0.6 is 23.4 Å². The summed E-state index contributed by atoms with van der Waals surface area (Å²) < 4.78 is 13.3. The number of carbonyl (C=O) groups is 2. The van der Waals surface area contributed by atoms with Crippen LogP contribution in [0.3, 0.4) is 0 Å². The number of hydrogen-bond donors (Lipinski definition) is 2. The summed E-state index contributed by atoms with van der Waals surface area (Å²) in [4.78, 5) is 29.8. The second kappa shape index (κ2) is 7.27. The molecule has 4 bridgehead atoms. The summed E-state index contributed by atoms with van der Waals surface area (Å²) in [5, 5.41) is 5.67. The SMILES string of the molecule is O=C(CC1SC(=NC23CC4CC(CC(C4)C2)C3)NC1=O)Nc1ccc(F)c(Cl)c1. The lowest BCUT2D eigenvalue weighted by Gasteiger charge is -2.55. The molecule has 2 N–H and O–H groups in total.